The van der Waals surface area contributed by atoms with Crippen molar-refractivity contribution in [2.24, 2.45) is 11.7 Å². The topological polar surface area (TPSA) is 166 Å². The van der Waals surface area contributed by atoms with Crippen LogP contribution < -0.4 is 21.7 Å². The van der Waals surface area contributed by atoms with Gasteiger partial charge < -0.3 is 31.2 Å². The van der Waals surface area contributed by atoms with E-state index in [0.29, 0.717) is 0 Å². The van der Waals surface area contributed by atoms with Crippen molar-refractivity contribution in [3.05, 3.63) is 35.9 Å². The lowest BCUT2D eigenvalue weighted by atomic mass is 10.0. The van der Waals surface area contributed by atoms with Gasteiger partial charge in [0.2, 0.25) is 17.7 Å². The van der Waals surface area contributed by atoms with Crippen molar-refractivity contribution in [1.29, 1.82) is 0 Å². The number of hydrogen-bond acceptors (Lipinski definition) is 7. The molecule has 194 valence electrons. The monoisotopic (exact) mass is 492 g/mol. The van der Waals surface area contributed by atoms with Crippen LogP contribution in [-0.4, -0.2) is 54.0 Å². The summed E-state index contributed by atoms with van der Waals surface area (Å²) >= 11 is 0. The summed E-state index contributed by atoms with van der Waals surface area (Å²) in [5.74, 6) is -2.97. The van der Waals surface area contributed by atoms with Crippen molar-refractivity contribution in [2.75, 3.05) is 6.54 Å². The van der Waals surface area contributed by atoms with Crippen LogP contribution in [0.3, 0.4) is 0 Å². The first kappa shape index (κ1) is 29.4. The molecule has 0 aliphatic carbocycles. The Labute approximate surface area is 205 Å². The number of alkyl carbamates (subject to hydrolysis) is 1. The molecular weight excluding hydrogens is 456 g/mol. The minimum Gasteiger partial charge on any atom is -0.459 e. The Morgan fingerprint density at radius 2 is 1.60 bits per heavy atom. The number of ether oxygens (including phenoxy) is 2. The van der Waals surface area contributed by atoms with Crippen LogP contribution in [0.4, 0.5) is 4.79 Å². The van der Waals surface area contributed by atoms with Gasteiger partial charge in [-0.15, -0.1) is 0 Å². The van der Waals surface area contributed by atoms with Gasteiger partial charge in [-0.05, 0) is 38.7 Å². The molecule has 0 saturated carbocycles. The van der Waals surface area contributed by atoms with E-state index in [1.54, 1.807) is 32.9 Å². The quantitative estimate of drug-likeness (QED) is 0.318. The SMILES string of the molecule is CC(C)C[C@H](NC(=O)[C@H](CC(N)=O)NC(=O)CNC(=O)OC(C)(C)C)C(=O)OCc1ccccc1. The minimum atomic E-state index is -1.35. The lowest BCUT2D eigenvalue weighted by molar-refractivity contribution is -0.149. The van der Waals surface area contributed by atoms with Gasteiger partial charge in [0.25, 0.3) is 0 Å². The van der Waals surface area contributed by atoms with Crippen molar-refractivity contribution in [1.82, 2.24) is 16.0 Å². The zero-order valence-corrected chi connectivity index (χ0v) is 20.9. The summed E-state index contributed by atoms with van der Waals surface area (Å²) in [6.45, 7) is 8.27. The highest BCUT2D eigenvalue weighted by molar-refractivity contribution is 5.94. The number of rotatable bonds is 12. The normalized spacial score (nSPS) is 12.7. The third kappa shape index (κ3) is 13.0. The van der Waals surface area contributed by atoms with E-state index >= 15 is 0 Å². The zero-order chi connectivity index (χ0) is 26.6. The van der Waals surface area contributed by atoms with E-state index in [1.165, 1.54) is 0 Å². The number of nitrogens with two attached hydrogens (primary N) is 1. The van der Waals surface area contributed by atoms with Crippen LogP contribution in [0.5, 0.6) is 0 Å². The van der Waals surface area contributed by atoms with Crippen molar-refractivity contribution in [3.8, 4) is 0 Å². The van der Waals surface area contributed by atoms with Crippen LogP contribution in [0.25, 0.3) is 0 Å². The molecule has 11 heteroatoms. The molecule has 2 atom stereocenters. The van der Waals surface area contributed by atoms with Gasteiger partial charge in [0.1, 0.15) is 30.8 Å². The summed E-state index contributed by atoms with van der Waals surface area (Å²) in [7, 11) is 0. The summed E-state index contributed by atoms with van der Waals surface area (Å²) in [6, 6.07) is 6.70. The molecule has 4 amide bonds. The van der Waals surface area contributed by atoms with Gasteiger partial charge in [-0.25, -0.2) is 9.59 Å². The lowest BCUT2D eigenvalue weighted by Crippen LogP contribution is -2.54. The minimum absolute atomic E-state index is 0.0297. The maximum atomic E-state index is 12.9. The molecule has 11 nitrogen and oxygen atoms in total. The van der Waals surface area contributed by atoms with Gasteiger partial charge in [0.15, 0.2) is 0 Å². The third-order valence-electron chi connectivity index (χ3n) is 4.38. The van der Waals surface area contributed by atoms with Crippen LogP contribution >= 0.6 is 0 Å². The molecule has 0 aromatic heterocycles. The van der Waals surface area contributed by atoms with E-state index in [1.807, 2.05) is 32.0 Å². The first-order valence-corrected chi connectivity index (χ1v) is 11.3. The summed E-state index contributed by atoms with van der Waals surface area (Å²) in [4.78, 5) is 61.0. The largest absolute Gasteiger partial charge is 0.459 e. The van der Waals surface area contributed by atoms with E-state index in [2.05, 4.69) is 16.0 Å². The molecule has 0 radical (unpaired) electrons. The molecule has 0 unspecified atom stereocenters. The molecule has 1 aromatic carbocycles. The molecule has 0 aliphatic rings. The summed E-state index contributed by atoms with van der Waals surface area (Å²) in [5.41, 5.74) is 5.26. The molecule has 0 spiro atoms. The fourth-order valence-electron chi connectivity index (χ4n) is 2.91. The summed E-state index contributed by atoms with van der Waals surface area (Å²) in [6.07, 6.45) is -1.05. The second kappa shape index (κ2) is 13.9. The molecule has 1 aromatic rings. The highest BCUT2D eigenvalue weighted by atomic mass is 16.6. The Morgan fingerprint density at radius 3 is 2.14 bits per heavy atom. The number of hydrogen-bond donors (Lipinski definition) is 4. The van der Waals surface area contributed by atoms with Crippen LogP contribution in [0.2, 0.25) is 0 Å². The molecule has 0 aliphatic heterocycles. The highest BCUT2D eigenvalue weighted by Gasteiger charge is 2.29. The Balaban J connectivity index is 2.78. The number of esters is 1. The Hall–Kier alpha value is -3.63. The Kier molecular flexibility index (Phi) is 11.7. The van der Waals surface area contributed by atoms with Crippen molar-refractivity contribution in [3.63, 3.8) is 0 Å². The maximum Gasteiger partial charge on any atom is 0.408 e. The predicted octanol–water partition coefficient (Wildman–Crippen LogP) is 1.15. The molecule has 35 heavy (non-hydrogen) atoms. The van der Waals surface area contributed by atoms with Crippen LogP contribution in [0, 0.1) is 5.92 Å². The summed E-state index contributed by atoms with van der Waals surface area (Å²) in [5, 5.41) is 7.15. The Morgan fingerprint density at radius 1 is 0.971 bits per heavy atom. The predicted molar refractivity (Wildman–Crippen MR) is 128 cm³/mol. The average molecular weight is 493 g/mol. The van der Waals surface area contributed by atoms with Gasteiger partial charge in [-0.1, -0.05) is 44.2 Å². The lowest BCUT2D eigenvalue weighted by Gasteiger charge is -2.23. The zero-order valence-electron chi connectivity index (χ0n) is 20.9. The summed E-state index contributed by atoms with van der Waals surface area (Å²) < 4.78 is 10.4. The maximum absolute atomic E-state index is 12.9. The van der Waals surface area contributed by atoms with E-state index in [4.69, 9.17) is 15.2 Å². The number of benzene rings is 1. The number of carbonyl (C=O) groups is 5. The molecule has 5 N–H and O–H groups in total. The van der Waals surface area contributed by atoms with Crippen LogP contribution in [0.15, 0.2) is 30.3 Å². The number of primary amides is 1. The fraction of sp³-hybridized carbons (Fsp3) is 0.542. The second-order valence-electron chi connectivity index (χ2n) is 9.43. The molecule has 0 bridgehead atoms. The van der Waals surface area contributed by atoms with Gasteiger partial charge >= 0.3 is 12.1 Å². The van der Waals surface area contributed by atoms with Crippen LogP contribution in [0.1, 0.15) is 53.0 Å². The highest BCUT2D eigenvalue weighted by Crippen LogP contribution is 2.10. The smallest absolute Gasteiger partial charge is 0.408 e. The molecule has 1 rings (SSSR count). The van der Waals surface area contributed by atoms with Gasteiger partial charge in [-0.3, -0.25) is 14.4 Å². The molecule has 0 saturated heterocycles. The van der Waals surface area contributed by atoms with E-state index < -0.39 is 60.4 Å². The van der Waals surface area contributed by atoms with Crippen molar-refractivity contribution < 1.29 is 33.4 Å². The van der Waals surface area contributed by atoms with E-state index in [9.17, 15) is 24.0 Å². The number of carbonyl (C=O) groups excluding carboxylic acids is 5. The van der Waals surface area contributed by atoms with E-state index in [-0.39, 0.29) is 18.9 Å². The van der Waals surface area contributed by atoms with E-state index in [0.717, 1.165) is 5.56 Å². The Bertz CT molecular complexity index is 882. The van der Waals surface area contributed by atoms with Gasteiger partial charge in [0.05, 0.1) is 6.42 Å². The van der Waals surface area contributed by atoms with Crippen molar-refractivity contribution >= 4 is 29.8 Å². The third-order valence-corrected chi connectivity index (χ3v) is 4.38. The second-order valence-corrected chi connectivity index (χ2v) is 9.43. The van der Waals surface area contributed by atoms with Gasteiger partial charge in [-0.2, -0.15) is 0 Å². The average Bonchev–Trinajstić information content (AvgIpc) is 2.74. The standard InChI is InChI=1S/C24H36N4O7/c1-15(2)11-18(22(32)34-14-16-9-7-6-8-10-16)28-21(31)17(12-19(25)29)27-20(30)13-26-23(33)35-24(3,4)5/h6-10,15,17-18H,11-14H2,1-5H3,(H2,25,29)(H,26,33)(H,27,30)(H,28,31)/t17-,18-/m0/s1. The molecular formula is C24H36N4O7. The number of amides is 4. The van der Waals surface area contributed by atoms with Crippen molar-refractivity contribution in [2.45, 2.75) is 71.8 Å². The first-order valence-electron chi connectivity index (χ1n) is 11.3. The molecule has 0 heterocycles. The first-order chi connectivity index (χ1) is 16.3. The van der Waals surface area contributed by atoms with Gasteiger partial charge in [0, 0.05) is 0 Å². The number of nitrogens with one attached hydrogen (secondary N) is 3. The fourth-order valence-corrected chi connectivity index (χ4v) is 2.91. The molecule has 0 fully saturated rings. The van der Waals surface area contributed by atoms with Crippen LogP contribution in [-0.2, 0) is 35.3 Å².